The number of aromatic nitrogens is 1. The van der Waals surface area contributed by atoms with Crippen molar-refractivity contribution in [3.05, 3.63) is 114 Å². The quantitative estimate of drug-likeness (QED) is 0.422. The molecule has 0 bridgehead atoms. The number of rotatable bonds is 2. The van der Waals surface area contributed by atoms with Gasteiger partial charge in [0, 0.05) is 22.3 Å². The van der Waals surface area contributed by atoms with Crippen molar-refractivity contribution in [2.75, 3.05) is 0 Å². The summed E-state index contributed by atoms with van der Waals surface area (Å²) in [7, 11) is 0. The van der Waals surface area contributed by atoms with E-state index in [0.717, 1.165) is 33.6 Å². The van der Waals surface area contributed by atoms with Crippen molar-refractivity contribution in [1.82, 2.24) is 4.98 Å². The van der Waals surface area contributed by atoms with E-state index >= 15 is 0 Å². The summed E-state index contributed by atoms with van der Waals surface area (Å²) < 4.78 is 0. The minimum absolute atomic E-state index is 0.935. The molecular formula is C25H17N. The van der Waals surface area contributed by atoms with Gasteiger partial charge in [-0.3, -0.25) is 0 Å². The molecule has 26 heavy (non-hydrogen) atoms. The Hall–Kier alpha value is -3.63. The van der Waals surface area contributed by atoms with Crippen LogP contribution in [0.15, 0.2) is 103 Å². The number of benzene rings is 3. The van der Waals surface area contributed by atoms with Gasteiger partial charge in [-0.05, 0) is 24.3 Å². The van der Waals surface area contributed by atoms with E-state index in [9.17, 15) is 0 Å². The Balaban J connectivity index is 1.82. The van der Waals surface area contributed by atoms with E-state index in [-0.39, 0.29) is 0 Å². The van der Waals surface area contributed by atoms with E-state index in [0.29, 0.717) is 0 Å². The summed E-state index contributed by atoms with van der Waals surface area (Å²) in [5, 5.41) is 0. The number of nitrogens with zero attached hydrogens (tertiary/aromatic N) is 1. The van der Waals surface area contributed by atoms with Gasteiger partial charge in [0.15, 0.2) is 0 Å². The summed E-state index contributed by atoms with van der Waals surface area (Å²) >= 11 is 0. The molecule has 3 aromatic carbocycles. The molecular weight excluding hydrogens is 314 g/mol. The molecule has 0 saturated heterocycles. The second kappa shape index (κ2) is 7.51. The number of pyridine rings is 1. The predicted octanol–water partition coefficient (Wildman–Crippen LogP) is 5.82. The van der Waals surface area contributed by atoms with Crippen molar-refractivity contribution in [2.24, 2.45) is 0 Å². The normalized spacial score (nSPS) is 10.0. The van der Waals surface area contributed by atoms with Gasteiger partial charge in [0.2, 0.25) is 0 Å². The largest absolute Gasteiger partial charge is 0.248 e. The van der Waals surface area contributed by atoms with Gasteiger partial charge in [-0.1, -0.05) is 90.7 Å². The first kappa shape index (κ1) is 15.9. The van der Waals surface area contributed by atoms with Gasteiger partial charge in [0.25, 0.3) is 0 Å². The van der Waals surface area contributed by atoms with Crippen LogP contribution >= 0.6 is 0 Å². The summed E-state index contributed by atoms with van der Waals surface area (Å²) in [4.78, 5) is 4.86. The molecule has 0 aliphatic rings. The zero-order valence-corrected chi connectivity index (χ0v) is 14.3. The molecule has 0 atom stereocenters. The Morgan fingerprint density at radius 1 is 0.462 bits per heavy atom. The van der Waals surface area contributed by atoms with Crippen LogP contribution in [0, 0.1) is 11.8 Å². The highest BCUT2D eigenvalue weighted by Gasteiger charge is 2.06. The fraction of sp³-hybridized carbons (Fsp3) is 0. The van der Waals surface area contributed by atoms with Crippen molar-refractivity contribution in [2.45, 2.75) is 0 Å². The van der Waals surface area contributed by atoms with Crippen LogP contribution in [0.1, 0.15) is 11.1 Å². The maximum Gasteiger partial charge on any atom is 0.0721 e. The lowest BCUT2D eigenvalue weighted by Crippen LogP contribution is -1.91. The average molecular weight is 331 g/mol. The molecule has 0 spiro atoms. The first-order chi connectivity index (χ1) is 12.9. The average Bonchev–Trinajstić information content (AvgIpc) is 2.74. The summed E-state index contributed by atoms with van der Waals surface area (Å²) in [5.74, 6) is 6.53. The topological polar surface area (TPSA) is 12.9 Å². The molecule has 0 saturated carbocycles. The third-order valence-corrected chi connectivity index (χ3v) is 4.09. The Kier molecular flexibility index (Phi) is 4.58. The number of hydrogen-bond donors (Lipinski definition) is 0. The molecule has 1 heterocycles. The smallest absolute Gasteiger partial charge is 0.0721 e. The lowest BCUT2D eigenvalue weighted by atomic mass is 10.0. The van der Waals surface area contributed by atoms with Crippen molar-refractivity contribution in [1.29, 1.82) is 0 Å². The maximum atomic E-state index is 4.86. The van der Waals surface area contributed by atoms with Crippen LogP contribution < -0.4 is 0 Å². The van der Waals surface area contributed by atoms with E-state index in [4.69, 9.17) is 4.98 Å². The zero-order chi connectivity index (χ0) is 17.6. The van der Waals surface area contributed by atoms with Crippen molar-refractivity contribution in [3.8, 4) is 34.4 Å². The molecule has 0 unspecified atom stereocenters. The maximum absolute atomic E-state index is 4.86. The highest BCUT2D eigenvalue weighted by molar-refractivity contribution is 5.69. The first-order valence-corrected chi connectivity index (χ1v) is 8.58. The van der Waals surface area contributed by atoms with E-state index in [1.165, 1.54) is 0 Å². The molecule has 1 heteroatoms. The highest BCUT2D eigenvalue weighted by atomic mass is 14.7. The van der Waals surface area contributed by atoms with Crippen LogP contribution in [0.5, 0.6) is 0 Å². The van der Waals surface area contributed by atoms with Gasteiger partial charge in [-0.2, -0.15) is 0 Å². The lowest BCUT2D eigenvalue weighted by molar-refractivity contribution is 1.31. The fourth-order valence-electron chi connectivity index (χ4n) is 2.78. The van der Waals surface area contributed by atoms with Gasteiger partial charge < -0.3 is 0 Å². The van der Waals surface area contributed by atoms with Gasteiger partial charge >= 0.3 is 0 Å². The Labute approximate surface area is 154 Å². The van der Waals surface area contributed by atoms with Gasteiger partial charge in [-0.25, -0.2) is 4.98 Å². The van der Waals surface area contributed by atoms with Crippen LogP contribution in [0.4, 0.5) is 0 Å². The van der Waals surface area contributed by atoms with E-state index in [1.807, 2.05) is 66.7 Å². The highest BCUT2D eigenvalue weighted by Crippen LogP contribution is 2.24. The molecule has 4 aromatic rings. The summed E-state index contributed by atoms with van der Waals surface area (Å²) in [6.07, 6.45) is 0. The van der Waals surface area contributed by atoms with E-state index < -0.39 is 0 Å². The van der Waals surface area contributed by atoms with Crippen LogP contribution in [-0.2, 0) is 0 Å². The molecule has 0 aliphatic heterocycles. The Morgan fingerprint density at radius 2 is 0.885 bits per heavy atom. The Bertz CT molecular complexity index is 999. The molecule has 1 aromatic heterocycles. The molecule has 122 valence electrons. The first-order valence-electron chi connectivity index (χ1n) is 8.58. The summed E-state index contributed by atoms with van der Waals surface area (Å²) in [5.41, 5.74) is 6.02. The molecule has 0 N–H and O–H groups in total. The third kappa shape index (κ3) is 3.71. The van der Waals surface area contributed by atoms with Crippen molar-refractivity contribution >= 4 is 0 Å². The third-order valence-electron chi connectivity index (χ3n) is 4.09. The van der Waals surface area contributed by atoms with Crippen molar-refractivity contribution in [3.63, 3.8) is 0 Å². The standard InChI is InChI=1S/C25H17N/c1-4-10-20(11-5-1)16-17-21-18-24(22-12-6-2-7-13-22)26-25(19-21)23-14-8-3-9-15-23/h1-15,18-19H. The molecule has 0 radical (unpaired) electrons. The second-order valence-corrected chi connectivity index (χ2v) is 5.97. The number of hydrogen-bond acceptors (Lipinski definition) is 1. The van der Waals surface area contributed by atoms with Gasteiger partial charge in [0.05, 0.1) is 11.4 Å². The summed E-state index contributed by atoms with van der Waals surface area (Å²) in [6.45, 7) is 0. The molecule has 4 rings (SSSR count). The minimum Gasteiger partial charge on any atom is -0.248 e. The van der Waals surface area contributed by atoms with Crippen LogP contribution in [0.3, 0.4) is 0 Å². The fourth-order valence-corrected chi connectivity index (χ4v) is 2.78. The van der Waals surface area contributed by atoms with Gasteiger partial charge in [0.1, 0.15) is 0 Å². The molecule has 1 nitrogen and oxygen atoms in total. The zero-order valence-electron chi connectivity index (χ0n) is 14.3. The van der Waals surface area contributed by atoms with Crippen LogP contribution in [0.25, 0.3) is 22.5 Å². The molecule has 0 aliphatic carbocycles. The van der Waals surface area contributed by atoms with Crippen LogP contribution in [0.2, 0.25) is 0 Å². The Morgan fingerprint density at radius 3 is 1.38 bits per heavy atom. The second-order valence-electron chi connectivity index (χ2n) is 5.97. The molecule has 0 fully saturated rings. The van der Waals surface area contributed by atoms with Gasteiger partial charge in [-0.15, -0.1) is 0 Å². The molecule has 0 amide bonds. The SMILES string of the molecule is C(#Cc1cc(-c2ccccc2)nc(-c2ccccc2)c1)c1ccccc1. The van der Waals surface area contributed by atoms with E-state index in [2.05, 4.69) is 48.2 Å². The monoisotopic (exact) mass is 331 g/mol. The van der Waals surface area contributed by atoms with Crippen molar-refractivity contribution < 1.29 is 0 Å². The van der Waals surface area contributed by atoms with E-state index in [1.54, 1.807) is 0 Å². The minimum atomic E-state index is 0.935. The summed E-state index contributed by atoms with van der Waals surface area (Å²) in [6, 6.07) is 34.6. The predicted molar refractivity (Wildman–Crippen MR) is 108 cm³/mol. The van der Waals surface area contributed by atoms with Crippen LogP contribution in [-0.4, -0.2) is 4.98 Å². The lowest BCUT2D eigenvalue weighted by Gasteiger charge is -2.07.